The highest BCUT2D eigenvalue weighted by atomic mass is 35.5. The Morgan fingerprint density at radius 1 is 1.20 bits per heavy atom. The lowest BCUT2D eigenvalue weighted by Gasteiger charge is -2.48. The van der Waals surface area contributed by atoms with E-state index in [4.69, 9.17) is 4.74 Å². The summed E-state index contributed by atoms with van der Waals surface area (Å²) in [5, 5.41) is 0. The molecule has 5 nitrogen and oxygen atoms in total. The molecule has 0 radical (unpaired) electrons. The summed E-state index contributed by atoms with van der Waals surface area (Å²) in [6, 6.07) is 3.41. The highest BCUT2D eigenvalue weighted by Gasteiger charge is 2.38. The number of H-pyrrole nitrogens is 1. The molecule has 2 fully saturated rings. The maximum absolute atomic E-state index is 13.9. The first kappa shape index (κ1) is 23.3. The predicted octanol–water partition coefficient (Wildman–Crippen LogP) is 4.96. The number of nitrogens with one attached hydrogen (secondary N) is 1. The maximum Gasteiger partial charge on any atom is 0.326 e. The molecule has 2 aromatic rings. The van der Waals surface area contributed by atoms with Gasteiger partial charge in [0.15, 0.2) is 0 Å². The number of halogens is 2. The zero-order valence-corrected chi connectivity index (χ0v) is 19.2. The van der Waals surface area contributed by atoms with Crippen molar-refractivity contribution in [3.05, 3.63) is 34.0 Å². The van der Waals surface area contributed by atoms with Gasteiger partial charge < -0.3 is 9.72 Å². The quantitative estimate of drug-likeness (QED) is 0.716. The van der Waals surface area contributed by atoms with Crippen LogP contribution in [0.1, 0.15) is 70.4 Å². The summed E-state index contributed by atoms with van der Waals surface area (Å²) < 4.78 is 21.7. The Morgan fingerprint density at radius 2 is 1.87 bits per heavy atom. The van der Waals surface area contributed by atoms with E-state index >= 15 is 0 Å². The Labute approximate surface area is 184 Å². The van der Waals surface area contributed by atoms with Crippen molar-refractivity contribution in [2.45, 2.75) is 83.4 Å². The number of aromatic nitrogens is 2. The van der Waals surface area contributed by atoms with Crippen LogP contribution in [0.2, 0.25) is 0 Å². The average Bonchev–Trinajstić information content (AvgIpc) is 3.02. The van der Waals surface area contributed by atoms with Crippen LogP contribution in [0.15, 0.2) is 16.9 Å². The van der Waals surface area contributed by atoms with Crippen molar-refractivity contribution < 1.29 is 9.13 Å². The van der Waals surface area contributed by atoms with Crippen molar-refractivity contribution in [1.29, 1.82) is 0 Å². The minimum Gasteiger partial charge on any atom is -0.378 e. The Kier molecular flexibility index (Phi) is 7.31. The Hall–Kier alpha value is -1.37. The number of nitrogens with zero attached hydrogens (tertiary/aromatic N) is 2. The number of piperidine rings is 1. The summed E-state index contributed by atoms with van der Waals surface area (Å²) in [6.45, 7) is 9.18. The molecule has 0 amide bonds. The monoisotopic (exact) mass is 439 g/mol. The third-order valence-electron chi connectivity index (χ3n) is 7.16. The summed E-state index contributed by atoms with van der Waals surface area (Å²) in [6.07, 6.45) is 8.06. The second kappa shape index (κ2) is 9.41. The third kappa shape index (κ3) is 4.46. The van der Waals surface area contributed by atoms with Gasteiger partial charge in [-0.1, -0.05) is 6.92 Å². The largest absolute Gasteiger partial charge is 0.378 e. The molecule has 1 aliphatic heterocycles. The van der Waals surface area contributed by atoms with E-state index in [1.54, 1.807) is 13.0 Å². The summed E-state index contributed by atoms with van der Waals surface area (Å²) in [5.74, 6) is -0.271. The summed E-state index contributed by atoms with van der Waals surface area (Å²) >= 11 is 0. The van der Waals surface area contributed by atoms with Crippen LogP contribution >= 0.6 is 12.4 Å². The maximum atomic E-state index is 13.9. The van der Waals surface area contributed by atoms with Gasteiger partial charge in [-0.2, -0.15) is 0 Å². The van der Waals surface area contributed by atoms with Gasteiger partial charge in [0.05, 0.1) is 17.1 Å². The minimum atomic E-state index is -0.271. The second-order valence-corrected chi connectivity index (χ2v) is 9.20. The number of aryl methyl sites for hydroxylation is 1. The van der Waals surface area contributed by atoms with Crippen LogP contribution in [-0.2, 0) is 4.74 Å². The number of fused-ring (bicyclic) bond motifs is 1. The Bertz CT molecular complexity index is 909. The SMILES string of the molecule is CCCOC1CCC(C)(N2CCC(n3c(=O)[nH]c4cc(F)c(C)cc43)CC2)CC1.Cl. The predicted molar refractivity (Wildman–Crippen MR) is 121 cm³/mol. The summed E-state index contributed by atoms with van der Waals surface area (Å²) in [5.41, 5.74) is 2.12. The van der Waals surface area contributed by atoms with E-state index in [9.17, 15) is 9.18 Å². The fraction of sp³-hybridized carbons (Fsp3) is 0.696. The molecule has 1 aliphatic carbocycles. The number of hydrogen-bond donors (Lipinski definition) is 1. The van der Waals surface area contributed by atoms with E-state index in [1.165, 1.54) is 18.9 Å². The molecular weight excluding hydrogens is 405 g/mol. The first-order valence-corrected chi connectivity index (χ1v) is 11.2. The van der Waals surface area contributed by atoms with Gasteiger partial charge in [-0.3, -0.25) is 9.47 Å². The fourth-order valence-corrected chi connectivity index (χ4v) is 5.26. The van der Waals surface area contributed by atoms with Crippen molar-refractivity contribution in [3.8, 4) is 0 Å². The molecule has 1 saturated carbocycles. The van der Waals surface area contributed by atoms with Crippen molar-refractivity contribution in [1.82, 2.24) is 14.5 Å². The van der Waals surface area contributed by atoms with Gasteiger partial charge in [0.25, 0.3) is 0 Å². The first-order chi connectivity index (χ1) is 13.9. The standard InChI is InChI=1S/C23H34FN3O2.ClH/c1-4-13-29-18-5-9-23(3,10-6-18)26-11-7-17(8-12-26)27-21-14-16(2)19(24)15-20(21)25-22(27)28;/h14-15,17-18H,4-13H2,1-3H3,(H,25,28);1H. The molecule has 7 heteroatoms. The molecule has 0 spiro atoms. The van der Waals surface area contributed by atoms with E-state index in [-0.39, 0.29) is 35.5 Å². The first-order valence-electron chi connectivity index (χ1n) is 11.2. The molecule has 2 aliphatic rings. The third-order valence-corrected chi connectivity index (χ3v) is 7.16. The lowest BCUT2D eigenvalue weighted by molar-refractivity contribution is -0.0305. The minimum absolute atomic E-state index is 0. The van der Waals surface area contributed by atoms with Crippen molar-refractivity contribution >= 4 is 23.4 Å². The van der Waals surface area contributed by atoms with E-state index in [2.05, 4.69) is 23.7 Å². The van der Waals surface area contributed by atoms with Gasteiger partial charge in [0, 0.05) is 31.3 Å². The Morgan fingerprint density at radius 3 is 2.50 bits per heavy atom. The van der Waals surface area contributed by atoms with Gasteiger partial charge in [-0.25, -0.2) is 9.18 Å². The zero-order valence-electron chi connectivity index (χ0n) is 18.4. The Balaban J connectivity index is 0.00000256. The van der Waals surface area contributed by atoms with Gasteiger partial charge >= 0.3 is 5.69 Å². The molecule has 4 rings (SSSR count). The zero-order chi connectivity index (χ0) is 20.6. The van der Waals surface area contributed by atoms with Crippen LogP contribution in [0, 0.1) is 12.7 Å². The fourth-order valence-electron chi connectivity index (χ4n) is 5.26. The summed E-state index contributed by atoms with van der Waals surface area (Å²) in [7, 11) is 0. The number of benzene rings is 1. The number of likely N-dealkylation sites (tertiary alicyclic amines) is 1. The van der Waals surface area contributed by atoms with Crippen LogP contribution < -0.4 is 5.69 Å². The number of aromatic amines is 1. The molecule has 1 saturated heterocycles. The summed E-state index contributed by atoms with van der Waals surface area (Å²) in [4.78, 5) is 18.1. The van der Waals surface area contributed by atoms with Crippen LogP contribution in [-0.4, -0.2) is 45.8 Å². The van der Waals surface area contributed by atoms with E-state index in [0.29, 0.717) is 17.2 Å². The van der Waals surface area contributed by atoms with Crippen LogP contribution in [0.4, 0.5) is 4.39 Å². The molecule has 168 valence electrons. The smallest absolute Gasteiger partial charge is 0.326 e. The topological polar surface area (TPSA) is 50.3 Å². The molecule has 1 aromatic heterocycles. The number of hydrogen-bond acceptors (Lipinski definition) is 3. The molecule has 1 N–H and O–H groups in total. The highest BCUT2D eigenvalue weighted by molar-refractivity contribution is 5.85. The lowest BCUT2D eigenvalue weighted by Crippen LogP contribution is -2.53. The van der Waals surface area contributed by atoms with Gasteiger partial charge in [-0.05, 0) is 76.5 Å². The van der Waals surface area contributed by atoms with Gasteiger partial charge in [0.1, 0.15) is 5.82 Å². The van der Waals surface area contributed by atoms with E-state index < -0.39 is 0 Å². The molecule has 0 atom stereocenters. The second-order valence-electron chi connectivity index (χ2n) is 9.20. The number of ether oxygens (including phenoxy) is 1. The molecule has 30 heavy (non-hydrogen) atoms. The molecule has 2 heterocycles. The molecular formula is C23H35ClFN3O2. The van der Waals surface area contributed by atoms with E-state index in [0.717, 1.165) is 57.3 Å². The average molecular weight is 440 g/mol. The van der Waals surface area contributed by atoms with Crippen LogP contribution in [0.25, 0.3) is 11.0 Å². The molecule has 0 unspecified atom stereocenters. The highest BCUT2D eigenvalue weighted by Crippen LogP contribution is 2.38. The molecule has 1 aromatic carbocycles. The number of imidazole rings is 1. The van der Waals surface area contributed by atoms with E-state index in [1.807, 2.05) is 4.57 Å². The van der Waals surface area contributed by atoms with Crippen molar-refractivity contribution in [3.63, 3.8) is 0 Å². The normalized spacial score (nSPS) is 26.1. The van der Waals surface area contributed by atoms with Gasteiger partial charge in [0.2, 0.25) is 0 Å². The molecule has 0 bridgehead atoms. The van der Waals surface area contributed by atoms with Crippen molar-refractivity contribution in [2.24, 2.45) is 0 Å². The van der Waals surface area contributed by atoms with Gasteiger partial charge in [-0.15, -0.1) is 12.4 Å². The van der Waals surface area contributed by atoms with Crippen LogP contribution in [0.3, 0.4) is 0 Å². The lowest BCUT2D eigenvalue weighted by atomic mass is 9.79. The number of rotatable bonds is 5. The van der Waals surface area contributed by atoms with Crippen LogP contribution in [0.5, 0.6) is 0 Å². The van der Waals surface area contributed by atoms with Crippen molar-refractivity contribution in [2.75, 3.05) is 19.7 Å².